The quantitative estimate of drug-likeness (QED) is 0.699. The fourth-order valence-corrected chi connectivity index (χ4v) is 4.05. The molecule has 0 atom stereocenters. The van der Waals surface area contributed by atoms with Crippen LogP contribution >= 0.6 is 11.6 Å². The van der Waals surface area contributed by atoms with Crippen molar-refractivity contribution in [2.75, 3.05) is 43.5 Å². The van der Waals surface area contributed by atoms with Crippen molar-refractivity contribution in [3.8, 4) is 11.3 Å². The van der Waals surface area contributed by atoms with Crippen molar-refractivity contribution in [2.24, 2.45) is 11.1 Å². The molecular formula is C20H26ClN7. The Morgan fingerprint density at radius 1 is 1.29 bits per heavy atom. The average Bonchev–Trinajstić information content (AvgIpc) is 3.11. The number of fused-ring (bicyclic) bond motifs is 1. The predicted molar refractivity (Wildman–Crippen MR) is 115 cm³/mol. The van der Waals surface area contributed by atoms with Crippen LogP contribution in [0.3, 0.4) is 0 Å². The molecule has 1 aromatic carbocycles. The van der Waals surface area contributed by atoms with E-state index >= 15 is 0 Å². The molecule has 8 heteroatoms. The minimum Gasteiger partial charge on any atom is -0.376 e. The van der Waals surface area contributed by atoms with Gasteiger partial charge in [0.1, 0.15) is 11.3 Å². The summed E-state index contributed by atoms with van der Waals surface area (Å²) in [5, 5.41) is 8.14. The third-order valence-corrected chi connectivity index (χ3v) is 6.17. The van der Waals surface area contributed by atoms with Crippen LogP contribution in [0.4, 0.5) is 11.5 Å². The van der Waals surface area contributed by atoms with Crippen LogP contribution in [0.5, 0.6) is 0 Å². The zero-order chi connectivity index (χ0) is 19.9. The summed E-state index contributed by atoms with van der Waals surface area (Å²) in [6.45, 7) is 4.84. The molecule has 0 aliphatic carbocycles. The van der Waals surface area contributed by atoms with Crippen LogP contribution < -0.4 is 15.5 Å². The molecule has 28 heavy (non-hydrogen) atoms. The molecule has 1 fully saturated rings. The molecule has 0 radical (unpaired) electrons. The van der Waals surface area contributed by atoms with Crippen molar-refractivity contribution in [1.29, 1.82) is 0 Å². The van der Waals surface area contributed by atoms with Crippen molar-refractivity contribution < 1.29 is 0 Å². The van der Waals surface area contributed by atoms with Gasteiger partial charge in [0, 0.05) is 32.7 Å². The lowest BCUT2D eigenvalue weighted by Gasteiger charge is -2.39. The van der Waals surface area contributed by atoms with Crippen LogP contribution in [0.15, 0.2) is 24.4 Å². The number of benzene rings is 1. The number of nitrogens with one attached hydrogen (secondary N) is 1. The molecule has 0 saturated carbocycles. The van der Waals surface area contributed by atoms with E-state index in [9.17, 15) is 0 Å². The SMILES string of the molecule is CN(C)c1cccc(-c2[nH]nc3nc(N4CCC(C)(CN)CC4)cnc23)c1Cl. The van der Waals surface area contributed by atoms with E-state index in [2.05, 4.69) is 27.0 Å². The molecule has 0 unspecified atom stereocenters. The highest BCUT2D eigenvalue weighted by Crippen LogP contribution is 2.37. The van der Waals surface area contributed by atoms with Crippen molar-refractivity contribution in [1.82, 2.24) is 20.2 Å². The van der Waals surface area contributed by atoms with Gasteiger partial charge in [-0.25, -0.2) is 9.97 Å². The third-order valence-electron chi connectivity index (χ3n) is 5.77. The Bertz CT molecular complexity index is 989. The Hall–Kier alpha value is -2.38. The highest BCUT2D eigenvalue weighted by atomic mass is 35.5. The molecule has 0 bridgehead atoms. The summed E-state index contributed by atoms with van der Waals surface area (Å²) in [7, 11) is 3.94. The van der Waals surface area contributed by atoms with Gasteiger partial charge < -0.3 is 15.5 Å². The van der Waals surface area contributed by atoms with E-state index < -0.39 is 0 Å². The summed E-state index contributed by atoms with van der Waals surface area (Å²) in [5.41, 5.74) is 10.1. The van der Waals surface area contributed by atoms with E-state index in [1.165, 1.54) is 0 Å². The molecule has 1 aliphatic rings. The van der Waals surface area contributed by atoms with Crippen LogP contribution in [-0.4, -0.2) is 53.9 Å². The lowest BCUT2D eigenvalue weighted by Crippen LogP contribution is -2.42. The minimum absolute atomic E-state index is 0.224. The van der Waals surface area contributed by atoms with Crippen molar-refractivity contribution >= 4 is 34.3 Å². The maximum Gasteiger partial charge on any atom is 0.202 e. The zero-order valence-electron chi connectivity index (χ0n) is 16.5. The molecule has 1 aliphatic heterocycles. The first kappa shape index (κ1) is 19.0. The van der Waals surface area contributed by atoms with Crippen LogP contribution in [0, 0.1) is 5.41 Å². The van der Waals surface area contributed by atoms with Crippen molar-refractivity contribution in [3.63, 3.8) is 0 Å². The fraction of sp³-hybridized carbons (Fsp3) is 0.450. The number of anilines is 2. The summed E-state index contributed by atoms with van der Waals surface area (Å²) in [6, 6.07) is 5.93. The van der Waals surface area contributed by atoms with Crippen LogP contribution in [0.1, 0.15) is 19.8 Å². The zero-order valence-corrected chi connectivity index (χ0v) is 17.3. The number of H-pyrrole nitrogens is 1. The molecule has 148 valence electrons. The Balaban J connectivity index is 1.66. The number of aromatic amines is 1. The summed E-state index contributed by atoms with van der Waals surface area (Å²) in [4.78, 5) is 13.7. The van der Waals surface area contributed by atoms with Crippen LogP contribution in [-0.2, 0) is 0 Å². The largest absolute Gasteiger partial charge is 0.376 e. The highest BCUT2D eigenvalue weighted by molar-refractivity contribution is 6.36. The standard InChI is InChI=1S/C20H26ClN7/c1-20(12-22)7-9-28(10-8-20)15-11-23-18-17(25-26-19(18)24-15)13-5-4-6-14(16(13)21)27(2)3/h4-6,11H,7-10,12,22H2,1-3H3,(H,24,25,26). The number of nitrogens with two attached hydrogens (primary N) is 1. The molecule has 4 rings (SSSR count). The Morgan fingerprint density at radius 3 is 2.71 bits per heavy atom. The topological polar surface area (TPSA) is 87.0 Å². The van der Waals surface area contributed by atoms with Gasteiger partial charge >= 0.3 is 0 Å². The summed E-state index contributed by atoms with van der Waals surface area (Å²) >= 11 is 6.63. The van der Waals surface area contributed by atoms with Gasteiger partial charge in [0.2, 0.25) is 5.65 Å². The fourth-order valence-electron chi connectivity index (χ4n) is 3.66. The molecular weight excluding hydrogens is 374 g/mol. The van der Waals surface area contributed by atoms with Gasteiger partial charge in [-0.3, -0.25) is 5.10 Å². The molecule has 1 saturated heterocycles. The predicted octanol–water partition coefficient (Wildman–Crippen LogP) is 3.30. The Labute approximate surface area is 169 Å². The van der Waals surface area contributed by atoms with E-state index in [0.29, 0.717) is 10.7 Å². The first-order valence-corrected chi connectivity index (χ1v) is 9.92. The first-order chi connectivity index (χ1) is 13.4. The van der Waals surface area contributed by atoms with E-state index in [4.69, 9.17) is 22.3 Å². The second-order valence-corrected chi connectivity index (χ2v) is 8.41. The van der Waals surface area contributed by atoms with E-state index in [1.807, 2.05) is 43.4 Å². The molecule has 3 aromatic rings. The maximum absolute atomic E-state index is 6.63. The highest BCUT2D eigenvalue weighted by Gasteiger charge is 2.29. The lowest BCUT2D eigenvalue weighted by molar-refractivity contribution is 0.258. The number of halogens is 1. The van der Waals surface area contributed by atoms with E-state index in [0.717, 1.165) is 60.8 Å². The molecule has 0 spiro atoms. The van der Waals surface area contributed by atoms with Gasteiger partial charge in [-0.2, -0.15) is 5.10 Å². The Morgan fingerprint density at radius 2 is 2.04 bits per heavy atom. The number of piperidine rings is 1. The second kappa shape index (κ2) is 7.22. The first-order valence-electron chi connectivity index (χ1n) is 9.54. The lowest BCUT2D eigenvalue weighted by atomic mass is 9.80. The number of aromatic nitrogens is 4. The third kappa shape index (κ3) is 3.29. The normalized spacial score (nSPS) is 16.5. The maximum atomic E-state index is 6.63. The molecule has 7 nitrogen and oxygen atoms in total. The van der Waals surface area contributed by atoms with Gasteiger partial charge in [-0.05, 0) is 30.9 Å². The number of rotatable bonds is 4. The number of hydrogen-bond acceptors (Lipinski definition) is 6. The molecule has 3 heterocycles. The molecule has 2 aromatic heterocycles. The van der Waals surface area contributed by atoms with Crippen LogP contribution in [0.2, 0.25) is 5.02 Å². The summed E-state index contributed by atoms with van der Waals surface area (Å²) < 4.78 is 0. The van der Waals surface area contributed by atoms with Crippen molar-refractivity contribution in [2.45, 2.75) is 19.8 Å². The van der Waals surface area contributed by atoms with E-state index in [1.54, 1.807) is 0 Å². The van der Waals surface area contributed by atoms with Gasteiger partial charge in [-0.15, -0.1) is 0 Å². The summed E-state index contributed by atoms with van der Waals surface area (Å²) in [6.07, 6.45) is 3.94. The summed E-state index contributed by atoms with van der Waals surface area (Å²) in [5.74, 6) is 0.859. The van der Waals surface area contributed by atoms with E-state index in [-0.39, 0.29) is 5.41 Å². The number of hydrogen-bond donors (Lipinski definition) is 2. The van der Waals surface area contributed by atoms with Gasteiger partial charge in [-0.1, -0.05) is 30.7 Å². The molecule has 0 amide bonds. The Kier molecular flexibility index (Phi) is 4.89. The van der Waals surface area contributed by atoms with Crippen LogP contribution in [0.25, 0.3) is 22.4 Å². The molecule has 3 N–H and O–H groups in total. The minimum atomic E-state index is 0.224. The van der Waals surface area contributed by atoms with Crippen molar-refractivity contribution in [3.05, 3.63) is 29.4 Å². The average molecular weight is 400 g/mol. The van der Waals surface area contributed by atoms with Gasteiger partial charge in [0.05, 0.1) is 22.6 Å². The smallest absolute Gasteiger partial charge is 0.202 e. The second-order valence-electron chi connectivity index (χ2n) is 8.03. The number of nitrogens with zero attached hydrogens (tertiary/aromatic N) is 5. The van der Waals surface area contributed by atoms with Gasteiger partial charge in [0.25, 0.3) is 0 Å². The monoisotopic (exact) mass is 399 g/mol. The van der Waals surface area contributed by atoms with Gasteiger partial charge in [0.15, 0.2) is 0 Å².